The average molecular weight is 496 g/mol. The molecule has 0 spiro atoms. The van der Waals surface area contributed by atoms with Crippen LogP contribution in [0.1, 0.15) is 45.2 Å². The normalized spacial score (nSPS) is 13.8. The van der Waals surface area contributed by atoms with E-state index in [0.29, 0.717) is 12.3 Å². The molecule has 1 saturated heterocycles. The summed E-state index contributed by atoms with van der Waals surface area (Å²) in [5.74, 6) is 2.15. The SMILES string of the molecule is Cc1cc(C(=O)CSc2nnc(N3CCCC3)n2Cc2ccco2)c(C)n1CCc1cccs1. The predicted octanol–water partition coefficient (Wildman–Crippen LogP) is 5.22. The molecule has 4 aromatic rings. The number of aromatic nitrogens is 4. The van der Waals surface area contributed by atoms with Crippen molar-refractivity contribution in [2.24, 2.45) is 0 Å². The van der Waals surface area contributed by atoms with Crippen molar-refractivity contribution in [3.63, 3.8) is 0 Å². The molecule has 9 heteroatoms. The van der Waals surface area contributed by atoms with Gasteiger partial charge in [0.25, 0.3) is 0 Å². The first-order valence-corrected chi connectivity index (χ1v) is 13.5. The molecule has 1 aliphatic heterocycles. The highest BCUT2D eigenvalue weighted by Crippen LogP contribution is 2.27. The molecule has 0 radical (unpaired) electrons. The zero-order valence-electron chi connectivity index (χ0n) is 19.6. The lowest BCUT2D eigenvalue weighted by Gasteiger charge is -2.17. The third kappa shape index (κ3) is 4.86. The lowest BCUT2D eigenvalue weighted by Crippen LogP contribution is -2.22. The number of ketones is 1. The van der Waals surface area contributed by atoms with Crippen molar-refractivity contribution < 1.29 is 9.21 Å². The lowest BCUT2D eigenvalue weighted by atomic mass is 10.2. The molecular weight excluding hydrogens is 466 g/mol. The molecule has 5 heterocycles. The molecule has 0 bridgehead atoms. The van der Waals surface area contributed by atoms with Crippen LogP contribution in [-0.2, 0) is 19.5 Å². The summed E-state index contributed by atoms with van der Waals surface area (Å²) in [5.41, 5.74) is 2.96. The topological polar surface area (TPSA) is 69.1 Å². The van der Waals surface area contributed by atoms with Crippen molar-refractivity contribution in [3.8, 4) is 0 Å². The second-order valence-corrected chi connectivity index (χ2v) is 10.6. The van der Waals surface area contributed by atoms with Gasteiger partial charge in [0.05, 0.1) is 18.6 Å². The molecule has 0 amide bonds. The standard InChI is InChI=1S/C25H29N5O2S2/c1-18-15-22(19(2)29(18)12-9-21-8-6-14-33-21)23(31)17-34-25-27-26-24(28-10-3-4-11-28)30(25)16-20-7-5-13-32-20/h5-8,13-15H,3-4,9-12,16-17H2,1-2H3. The zero-order chi connectivity index (χ0) is 23.5. The van der Waals surface area contributed by atoms with Gasteiger partial charge in [-0.15, -0.1) is 21.5 Å². The largest absolute Gasteiger partial charge is 0.467 e. The molecule has 1 fully saturated rings. The lowest BCUT2D eigenvalue weighted by molar-refractivity contribution is 0.102. The number of nitrogens with zero attached hydrogens (tertiary/aromatic N) is 5. The summed E-state index contributed by atoms with van der Waals surface area (Å²) in [4.78, 5) is 16.8. The van der Waals surface area contributed by atoms with Gasteiger partial charge in [-0.1, -0.05) is 17.8 Å². The third-order valence-corrected chi connectivity index (χ3v) is 8.25. The molecule has 34 heavy (non-hydrogen) atoms. The Bertz CT molecular complexity index is 1230. The molecule has 0 aliphatic carbocycles. The Kier molecular flexibility index (Phi) is 6.92. The number of hydrogen-bond acceptors (Lipinski definition) is 7. The number of hydrogen-bond donors (Lipinski definition) is 0. The van der Waals surface area contributed by atoms with Crippen LogP contribution in [-0.4, -0.2) is 44.0 Å². The number of carbonyl (C=O) groups is 1. The Morgan fingerprint density at radius 3 is 2.74 bits per heavy atom. The molecular formula is C25H29N5O2S2. The minimum atomic E-state index is 0.121. The van der Waals surface area contributed by atoms with Crippen LogP contribution in [0.5, 0.6) is 0 Å². The monoisotopic (exact) mass is 495 g/mol. The number of anilines is 1. The summed E-state index contributed by atoms with van der Waals surface area (Å²) in [7, 11) is 0. The molecule has 5 rings (SSSR count). The van der Waals surface area contributed by atoms with Crippen LogP contribution in [0.3, 0.4) is 0 Å². The zero-order valence-corrected chi connectivity index (χ0v) is 21.2. The summed E-state index contributed by atoms with van der Waals surface area (Å²) in [6.07, 6.45) is 4.98. The van der Waals surface area contributed by atoms with Crippen LogP contribution >= 0.6 is 23.1 Å². The number of rotatable bonds is 10. The Morgan fingerprint density at radius 1 is 1.15 bits per heavy atom. The fourth-order valence-corrected chi connectivity index (χ4v) is 6.06. The predicted molar refractivity (Wildman–Crippen MR) is 136 cm³/mol. The minimum absolute atomic E-state index is 0.121. The van der Waals surface area contributed by atoms with Crippen LogP contribution in [0.15, 0.2) is 51.5 Å². The highest BCUT2D eigenvalue weighted by atomic mass is 32.2. The Balaban J connectivity index is 1.30. The van der Waals surface area contributed by atoms with E-state index in [2.05, 4.69) is 48.7 Å². The molecule has 1 aliphatic rings. The number of Topliss-reactive ketones (excluding diaryl/α,β-unsaturated/α-hetero) is 1. The van der Waals surface area contributed by atoms with Gasteiger partial charge in [-0.2, -0.15) is 0 Å². The molecule has 178 valence electrons. The summed E-state index contributed by atoms with van der Waals surface area (Å²) >= 11 is 3.23. The van der Waals surface area contributed by atoms with E-state index in [1.165, 1.54) is 16.6 Å². The van der Waals surface area contributed by atoms with Gasteiger partial charge in [0.1, 0.15) is 5.76 Å². The van der Waals surface area contributed by atoms with Crippen molar-refractivity contribution in [2.75, 3.05) is 23.7 Å². The van der Waals surface area contributed by atoms with E-state index in [4.69, 9.17) is 4.42 Å². The quantitative estimate of drug-likeness (QED) is 0.222. The number of thioether (sulfide) groups is 1. The van der Waals surface area contributed by atoms with E-state index < -0.39 is 0 Å². The summed E-state index contributed by atoms with van der Waals surface area (Å²) < 4.78 is 9.91. The fourth-order valence-electron chi connectivity index (χ4n) is 4.55. The summed E-state index contributed by atoms with van der Waals surface area (Å²) in [6.45, 7) is 7.53. The summed E-state index contributed by atoms with van der Waals surface area (Å²) in [5, 5.41) is 11.8. The van der Waals surface area contributed by atoms with E-state index >= 15 is 0 Å². The van der Waals surface area contributed by atoms with Crippen molar-refractivity contribution in [3.05, 3.63) is 69.6 Å². The molecule has 0 saturated carbocycles. The van der Waals surface area contributed by atoms with Gasteiger partial charge in [0.15, 0.2) is 10.9 Å². The third-order valence-electron chi connectivity index (χ3n) is 6.35. The van der Waals surface area contributed by atoms with Crippen LogP contribution < -0.4 is 4.90 Å². The maximum absolute atomic E-state index is 13.2. The van der Waals surface area contributed by atoms with Crippen molar-refractivity contribution >= 4 is 34.8 Å². The molecule has 4 aromatic heterocycles. The van der Waals surface area contributed by atoms with Gasteiger partial charge in [-0.3, -0.25) is 9.36 Å². The van der Waals surface area contributed by atoms with E-state index in [0.717, 1.165) is 72.7 Å². The first kappa shape index (κ1) is 23.0. The number of thiophene rings is 1. The van der Waals surface area contributed by atoms with Gasteiger partial charge in [-0.25, -0.2) is 0 Å². The van der Waals surface area contributed by atoms with Crippen LogP contribution in [0, 0.1) is 13.8 Å². The minimum Gasteiger partial charge on any atom is -0.467 e. The van der Waals surface area contributed by atoms with Crippen molar-refractivity contribution in [2.45, 2.75) is 51.4 Å². The van der Waals surface area contributed by atoms with Gasteiger partial charge in [-0.05, 0) is 62.8 Å². The Hall–Kier alpha value is -2.78. The smallest absolute Gasteiger partial charge is 0.228 e. The molecule has 0 aromatic carbocycles. The van der Waals surface area contributed by atoms with Gasteiger partial charge >= 0.3 is 0 Å². The van der Waals surface area contributed by atoms with Gasteiger partial charge in [0, 0.05) is 41.5 Å². The Morgan fingerprint density at radius 2 is 2.00 bits per heavy atom. The van der Waals surface area contributed by atoms with E-state index in [1.807, 2.05) is 25.1 Å². The first-order chi connectivity index (χ1) is 16.6. The number of furan rings is 1. The first-order valence-electron chi connectivity index (χ1n) is 11.7. The Labute approximate surface area is 207 Å². The fraction of sp³-hybridized carbons (Fsp3) is 0.400. The van der Waals surface area contributed by atoms with E-state index in [-0.39, 0.29) is 5.78 Å². The van der Waals surface area contributed by atoms with Crippen molar-refractivity contribution in [1.82, 2.24) is 19.3 Å². The molecule has 0 unspecified atom stereocenters. The van der Waals surface area contributed by atoms with E-state index in [9.17, 15) is 4.79 Å². The van der Waals surface area contributed by atoms with E-state index in [1.54, 1.807) is 17.6 Å². The number of aryl methyl sites for hydroxylation is 2. The van der Waals surface area contributed by atoms with Crippen LogP contribution in [0.4, 0.5) is 5.95 Å². The highest BCUT2D eigenvalue weighted by molar-refractivity contribution is 7.99. The second kappa shape index (κ2) is 10.2. The van der Waals surface area contributed by atoms with Gasteiger partial charge < -0.3 is 13.9 Å². The highest BCUT2D eigenvalue weighted by Gasteiger charge is 2.23. The average Bonchev–Trinajstić information content (AvgIpc) is 3.64. The molecule has 0 atom stereocenters. The van der Waals surface area contributed by atoms with Gasteiger partial charge in [0.2, 0.25) is 5.95 Å². The van der Waals surface area contributed by atoms with Crippen LogP contribution in [0.25, 0.3) is 0 Å². The second-order valence-electron chi connectivity index (χ2n) is 8.62. The van der Waals surface area contributed by atoms with Crippen LogP contribution in [0.2, 0.25) is 0 Å². The molecule has 7 nitrogen and oxygen atoms in total. The summed E-state index contributed by atoms with van der Waals surface area (Å²) in [6, 6.07) is 10.1. The van der Waals surface area contributed by atoms with Crippen molar-refractivity contribution in [1.29, 1.82) is 0 Å². The number of carbonyl (C=O) groups excluding carboxylic acids is 1. The maximum Gasteiger partial charge on any atom is 0.228 e. The maximum atomic E-state index is 13.2. The molecule has 0 N–H and O–H groups in total.